The van der Waals surface area contributed by atoms with E-state index in [1.807, 2.05) is 6.07 Å². The number of hydrogen-bond donors (Lipinski definition) is 1. The lowest BCUT2D eigenvalue weighted by Crippen LogP contribution is -2.18. The van der Waals surface area contributed by atoms with Crippen LogP contribution in [-0.4, -0.2) is 26.4 Å². The molecule has 0 aliphatic carbocycles. The fourth-order valence-electron chi connectivity index (χ4n) is 3.16. The summed E-state index contributed by atoms with van der Waals surface area (Å²) >= 11 is 13.2. The van der Waals surface area contributed by atoms with Crippen LogP contribution in [-0.2, 0) is 11.0 Å². The maximum Gasteiger partial charge on any atom is 0.418 e. The summed E-state index contributed by atoms with van der Waals surface area (Å²) in [6.07, 6.45) is -4.59. The maximum absolute atomic E-state index is 13.2. The van der Waals surface area contributed by atoms with Gasteiger partial charge in [0.1, 0.15) is 0 Å². The number of nitrogens with one attached hydrogen (secondary N) is 1. The minimum Gasteiger partial charge on any atom is -0.325 e. The topological polar surface area (TPSA) is 59.8 Å². The number of rotatable bonds is 6. The number of amides is 1. The molecule has 0 fully saturated rings. The molecule has 1 amide bonds. The van der Waals surface area contributed by atoms with Crippen molar-refractivity contribution in [3.63, 3.8) is 0 Å². The number of alkyl halides is 3. The monoisotopic (exact) mass is 522 g/mol. The number of aromatic nitrogens is 3. The average Bonchev–Trinajstić information content (AvgIpc) is 3.22. The summed E-state index contributed by atoms with van der Waals surface area (Å²) in [6, 6.07) is 18.8. The predicted molar refractivity (Wildman–Crippen MR) is 128 cm³/mol. The Morgan fingerprint density at radius 3 is 2.38 bits per heavy atom. The largest absolute Gasteiger partial charge is 0.418 e. The molecule has 1 aromatic heterocycles. The van der Waals surface area contributed by atoms with E-state index < -0.39 is 17.6 Å². The van der Waals surface area contributed by atoms with E-state index >= 15 is 0 Å². The molecule has 1 heterocycles. The minimum atomic E-state index is -4.59. The summed E-state index contributed by atoms with van der Waals surface area (Å²) in [4.78, 5) is 12.5. The molecule has 3 aromatic carbocycles. The first kappa shape index (κ1) is 24.1. The van der Waals surface area contributed by atoms with Crippen LogP contribution in [0.4, 0.5) is 18.9 Å². The Hall–Kier alpha value is -3.01. The van der Waals surface area contributed by atoms with E-state index in [1.165, 1.54) is 18.2 Å². The van der Waals surface area contributed by atoms with Gasteiger partial charge in [0.15, 0.2) is 11.0 Å². The lowest BCUT2D eigenvalue weighted by atomic mass is 10.1. The Balaban J connectivity index is 1.60. The molecule has 34 heavy (non-hydrogen) atoms. The van der Waals surface area contributed by atoms with Crippen molar-refractivity contribution in [3.8, 4) is 17.1 Å². The van der Waals surface area contributed by atoms with Crippen LogP contribution in [0.15, 0.2) is 78.0 Å². The van der Waals surface area contributed by atoms with Gasteiger partial charge in [-0.3, -0.25) is 9.36 Å². The molecular weight excluding hydrogens is 508 g/mol. The van der Waals surface area contributed by atoms with Gasteiger partial charge >= 0.3 is 6.18 Å². The van der Waals surface area contributed by atoms with Crippen molar-refractivity contribution < 1.29 is 18.0 Å². The van der Waals surface area contributed by atoms with E-state index in [4.69, 9.17) is 23.2 Å². The first-order chi connectivity index (χ1) is 16.2. The molecule has 174 valence electrons. The Labute approximate surface area is 206 Å². The van der Waals surface area contributed by atoms with Crippen molar-refractivity contribution in [2.45, 2.75) is 11.3 Å². The highest BCUT2D eigenvalue weighted by atomic mass is 35.5. The van der Waals surface area contributed by atoms with E-state index in [0.717, 1.165) is 17.8 Å². The Bertz CT molecular complexity index is 1330. The van der Waals surface area contributed by atoms with Crippen LogP contribution in [0, 0.1) is 0 Å². The van der Waals surface area contributed by atoms with Crippen molar-refractivity contribution in [1.82, 2.24) is 14.8 Å². The lowest BCUT2D eigenvalue weighted by Gasteiger charge is -2.13. The third kappa shape index (κ3) is 5.55. The zero-order valence-corrected chi connectivity index (χ0v) is 19.5. The molecule has 11 heteroatoms. The van der Waals surface area contributed by atoms with Crippen molar-refractivity contribution in [3.05, 3.63) is 88.4 Å². The van der Waals surface area contributed by atoms with Gasteiger partial charge < -0.3 is 5.32 Å². The highest BCUT2D eigenvalue weighted by Crippen LogP contribution is 2.35. The molecule has 0 unspecified atom stereocenters. The quantitative estimate of drug-likeness (QED) is 0.277. The lowest BCUT2D eigenvalue weighted by molar-refractivity contribution is -0.137. The van der Waals surface area contributed by atoms with Gasteiger partial charge in [-0.15, -0.1) is 10.2 Å². The maximum atomic E-state index is 13.2. The Morgan fingerprint density at radius 2 is 1.68 bits per heavy atom. The van der Waals surface area contributed by atoms with Crippen molar-refractivity contribution in [2.24, 2.45) is 0 Å². The molecule has 1 N–H and O–H groups in total. The highest BCUT2D eigenvalue weighted by molar-refractivity contribution is 7.99. The zero-order chi connectivity index (χ0) is 24.3. The van der Waals surface area contributed by atoms with Crippen LogP contribution in [0.25, 0.3) is 17.1 Å². The average molecular weight is 523 g/mol. The van der Waals surface area contributed by atoms with Gasteiger partial charge in [-0.1, -0.05) is 59.2 Å². The Kier molecular flexibility index (Phi) is 7.16. The number of anilines is 1. The molecule has 4 rings (SSSR count). The van der Waals surface area contributed by atoms with Crippen LogP contribution >= 0.6 is 35.0 Å². The number of thioether (sulfide) groups is 1. The molecule has 0 atom stereocenters. The summed E-state index contributed by atoms with van der Waals surface area (Å²) in [6.45, 7) is 0. The smallest absolute Gasteiger partial charge is 0.325 e. The molecule has 0 spiro atoms. The van der Waals surface area contributed by atoms with Crippen molar-refractivity contribution in [1.29, 1.82) is 0 Å². The summed E-state index contributed by atoms with van der Waals surface area (Å²) < 4.78 is 41.4. The van der Waals surface area contributed by atoms with Gasteiger partial charge in [0.25, 0.3) is 0 Å². The number of hydrogen-bond acceptors (Lipinski definition) is 4. The first-order valence-corrected chi connectivity index (χ1v) is 11.5. The van der Waals surface area contributed by atoms with Gasteiger partial charge in [0.2, 0.25) is 5.91 Å². The van der Waals surface area contributed by atoms with Gasteiger partial charge in [0, 0.05) is 21.3 Å². The summed E-state index contributed by atoms with van der Waals surface area (Å²) in [5.41, 5.74) is 0.167. The van der Waals surface area contributed by atoms with E-state index in [1.54, 1.807) is 47.0 Å². The molecule has 0 saturated heterocycles. The fourth-order valence-corrected chi connectivity index (χ4v) is 4.22. The SMILES string of the molecule is O=C(CSc1nnc(-c2cccc(Cl)c2)n1-c1ccc(Cl)cc1)Nc1ccccc1C(F)(F)F. The Morgan fingerprint density at radius 1 is 0.941 bits per heavy atom. The summed E-state index contributed by atoms with van der Waals surface area (Å²) in [7, 11) is 0. The molecule has 0 bridgehead atoms. The van der Waals surface area contributed by atoms with E-state index in [9.17, 15) is 18.0 Å². The number of benzene rings is 3. The highest BCUT2D eigenvalue weighted by Gasteiger charge is 2.33. The van der Waals surface area contributed by atoms with Crippen molar-refractivity contribution >= 4 is 46.6 Å². The van der Waals surface area contributed by atoms with Gasteiger partial charge in [-0.2, -0.15) is 13.2 Å². The van der Waals surface area contributed by atoms with Crippen LogP contribution in [0.1, 0.15) is 5.56 Å². The summed E-state index contributed by atoms with van der Waals surface area (Å²) in [5, 5.41) is 12.2. The normalized spacial score (nSPS) is 11.4. The molecule has 0 aliphatic heterocycles. The first-order valence-electron chi connectivity index (χ1n) is 9.78. The molecule has 0 radical (unpaired) electrons. The van der Waals surface area contributed by atoms with E-state index in [2.05, 4.69) is 15.5 Å². The fraction of sp³-hybridized carbons (Fsp3) is 0.0870. The predicted octanol–water partition coefficient (Wildman–Crippen LogP) is 6.99. The summed E-state index contributed by atoms with van der Waals surface area (Å²) in [5.74, 6) is -0.320. The third-order valence-corrected chi connectivity index (χ3v) is 6.06. The van der Waals surface area contributed by atoms with Crippen LogP contribution in [0.2, 0.25) is 10.0 Å². The standard InChI is InChI=1S/C23H15Cl2F3N4OS/c24-15-8-10-17(11-9-15)32-21(14-4-3-5-16(25)12-14)30-31-22(32)34-13-20(33)29-19-7-2-1-6-18(19)23(26,27)28/h1-12H,13H2,(H,29,33). The van der Waals surface area contributed by atoms with Crippen LogP contribution < -0.4 is 5.32 Å². The van der Waals surface area contributed by atoms with Crippen molar-refractivity contribution in [2.75, 3.05) is 11.1 Å². The second kappa shape index (κ2) is 10.1. The second-order valence-electron chi connectivity index (χ2n) is 7.01. The van der Waals surface area contributed by atoms with Gasteiger partial charge in [-0.25, -0.2) is 0 Å². The molecule has 4 aromatic rings. The molecule has 0 saturated carbocycles. The van der Waals surface area contributed by atoms with Gasteiger partial charge in [0.05, 0.1) is 17.0 Å². The molecule has 5 nitrogen and oxygen atoms in total. The minimum absolute atomic E-state index is 0.187. The van der Waals surface area contributed by atoms with E-state index in [0.29, 0.717) is 32.3 Å². The zero-order valence-electron chi connectivity index (χ0n) is 17.2. The van der Waals surface area contributed by atoms with Crippen LogP contribution in [0.5, 0.6) is 0 Å². The molecular formula is C23H15Cl2F3N4OS. The number of nitrogens with zero attached hydrogens (tertiary/aromatic N) is 3. The number of carbonyl (C=O) groups excluding carboxylic acids is 1. The number of carbonyl (C=O) groups is 1. The van der Waals surface area contributed by atoms with Crippen LogP contribution in [0.3, 0.4) is 0 Å². The second-order valence-corrected chi connectivity index (χ2v) is 8.82. The number of halogens is 5. The third-order valence-electron chi connectivity index (χ3n) is 4.64. The molecule has 0 aliphatic rings. The number of para-hydroxylation sites is 1. The van der Waals surface area contributed by atoms with Gasteiger partial charge in [-0.05, 0) is 48.5 Å². The van der Waals surface area contributed by atoms with E-state index in [-0.39, 0.29) is 11.4 Å².